The number of fused-ring (bicyclic) bond motifs is 1. The summed E-state index contributed by atoms with van der Waals surface area (Å²) in [4.78, 5) is 25.3. The van der Waals surface area contributed by atoms with Crippen LogP contribution in [0.2, 0.25) is 0 Å². The number of carbonyl (C=O) groups is 1. The summed E-state index contributed by atoms with van der Waals surface area (Å²) in [5.74, 6) is 1.83. The van der Waals surface area contributed by atoms with E-state index in [4.69, 9.17) is 9.84 Å². The zero-order chi connectivity index (χ0) is 24.1. The summed E-state index contributed by atoms with van der Waals surface area (Å²) in [7, 11) is 5.75. The van der Waals surface area contributed by atoms with Crippen molar-refractivity contribution in [2.75, 3.05) is 39.6 Å². The highest BCUT2D eigenvalue weighted by molar-refractivity contribution is 5.92. The smallest absolute Gasteiger partial charge is 0.303 e. The van der Waals surface area contributed by atoms with Crippen molar-refractivity contribution in [1.29, 1.82) is 0 Å². The molecular weight excluding hydrogens is 432 g/mol. The van der Waals surface area contributed by atoms with Crippen LogP contribution >= 0.6 is 0 Å². The van der Waals surface area contributed by atoms with Crippen LogP contribution < -0.4 is 15.4 Å². The van der Waals surface area contributed by atoms with E-state index in [0.717, 1.165) is 66.3 Å². The molecule has 4 N–H and O–H groups in total. The van der Waals surface area contributed by atoms with Gasteiger partial charge in [0.25, 0.3) is 0 Å². The number of anilines is 2. The lowest BCUT2D eigenvalue weighted by atomic mass is 10.0. The lowest BCUT2D eigenvalue weighted by molar-refractivity contribution is -0.137. The van der Waals surface area contributed by atoms with Crippen molar-refractivity contribution >= 4 is 28.5 Å². The van der Waals surface area contributed by atoms with Gasteiger partial charge in [-0.1, -0.05) is 0 Å². The molecule has 1 aromatic carbocycles. The molecule has 4 rings (SSSR count). The number of hydrogen-bond donors (Lipinski definition) is 4. The third kappa shape index (κ3) is 5.66. The van der Waals surface area contributed by atoms with Crippen molar-refractivity contribution in [1.82, 2.24) is 25.2 Å². The Bertz CT molecular complexity index is 1130. The number of nitrogens with one attached hydrogen (secondary N) is 3. The monoisotopic (exact) mass is 466 g/mol. The van der Waals surface area contributed by atoms with Crippen LogP contribution in [0.5, 0.6) is 5.75 Å². The Morgan fingerprint density at radius 2 is 2.21 bits per heavy atom. The Morgan fingerprint density at radius 1 is 1.35 bits per heavy atom. The van der Waals surface area contributed by atoms with Gasteiger partial charge in [-0.3, -0.25) is 4.79 Å². The molecule has 1 aliphatic carbocycles. The number of carboxylic acids is 1. The molecule has 2 aromatic heterocycles. The van der Waals surface area contributed by atoms with Crippen molar-refractivity contribution < 1.29 is 14.6 Å². The first-order valence-corrected chi connectivity index (χ1v) is 11.8. The molecule has 9 nitrogen and oxygen atoms in total. The zero-order valence-electron chi connectivity index (χ0n) is 20.1. The molecule has 0 spiro atoms. The summed E-state index contributed by atoms with van der Waals surface area (Å²) in [5.41, 5.74) is 4.07. The molecule has 1 saturated carbocycles. The van der Waals surface area contributed by atoms with Crippen LogP contribution in [0, 0.1) is 5.92 Å². The number of aliphatic carboxylic acids is 1. The van der Waals surface area contributed by atoms with Crippen LogP contribution in [0.1, 0.15) is 42.7 Å². The average molecular weight is 467 g/mol. The molecule has 3 aromatic rings. The Hall–Kier alpha value is -3.17. The average Bonchev–Trinajstić information content (AvgIpc) is 3.48. The van der Waals surface area contributed by atoms with Gasteiger partial charge in [0.2, 0.25) is 0 Å². The van der Waals surface area contributed by atoms with Crippen LogP contribution in [0.25, 0.3) is 11.0 Å². The van der Waals surface area contributed by atoms with Gasteiger partial charge in [0.05, 0.1) is 12.5 Å². The van der Waals surface area contributed by atoms with Gasteiger partial charge < -0.3 is 30.4 Å². The second-order valence-electron chi connectivity index (χ2n) is 9.07. The van der Waals surface area contributed by atoms with E-state index in [-0.39, 0.29) is 6.42 Å². The molecule has 1 fully saturated rings. The first kappa shape index (κ1) is 24.0. The molecule has 1 unspecified atom stereocenters. The molecule has 0 saturated heterocycles. The maximum atomic E-state index is 10.8. The molecule has 2 atom stereocenters. The fraction of sp³-hybridized carbons (Fsp3) is 0.480. The van der Waals surface area contributed by atoms with Crippen molar-refractivity contribution in [3.63, 3.8) is 0 Å². The summed E-state index contributed by atoms with van der Waals surface area (Å²) in [6.45, 7) is 2.65. The number of nitrogens with zero attached hydrogens (tertiary/aromatic N) is 3. The molecule has 0 radical (unpaired) electrons. The molecule has 0 aliphatic heterocycles. The number of aromatic nitrogens is 3. The largest absolute Gasteiger partial charge is 0.496 e. The van der Waals surface area contributed by atoms with Gasteiger partial charge in [-0.05, 0) is 74.5 Å². The highest BCUT2D eigenvalue weighted by Gasteiger charge is 2.39. The third-order valence-electron chi connectivity index (χ3n) is 6.52. The van der Waals surface area contributed by atoms with Gasteiger partial charge >= 0.3 is 5.97 Å². The van der Waals surface area contributed by atoms with E-state index in [1.165, 1.54) is 5.56 Å². The number of likely N-dealkylation sites (N-methyl/N-ethyl adjacent to an activating group) is 2. The van der Waals surface area contributed by atoms with E-state index in [2.05, 4.69) is 43.6 Å². The number of hydrogen-bond acceptors (Lipinski definition) is 7. The number of ether oxygens (including phenoxy) is 1. The second kappa shape index (κ2) is 10.8. The zero-order valence-corrected chi connectivity index (χ0v) is 20.1. The molecule has 182 valence electrons. The van der Waals surface area contributed by atoms with Gasteiger partial charge in [0.1, 0.15) is 23.5 Å². The Morgan fingerprint density at radius 3 is 2.97 bits per heavy atom. The number of methoxy groups -OCH3 is 1. The van der Waals surface area contributed by atoms with Crippen molar-refractivity contribution in [3.05, 3.63) is 41.9 Å². The quantitative estimate of drug-likeness (QED) is 0.301. The van der Waals surface area contributed by atoms with Gasteiger partial charge in [0.15, 0.2) is 0 Å². The number of carboxylic acid groups (broad SMARTS) is 1. The molecular formula is C25H34N6O3. The molecule has 9 heteroatoms. The minimum absolute atomic E-state index is 0.231. The van der Waals surface area contributed by atoms with Crippen LogP contribution in [-0.2, 0) is 11.3 Å². The highest BCUT2D eigenvalue weighted by atomic mass is 16.5. The summed E-state index contributed by atoms with van der Waals surface area (Å²) in [5, 5.41) is 16.6. The predicted octanol–water partition coefficient (Wildman–Crippen LogP) is 3.72. The summed E-state index contributed by atoms with van der Waals surface area (Å²) >= 11 is 0. The first-order chi connectivity index (χ1) is 16.5. The van der Waals surface area contributed by atoms with Crippen molar-refractivity contribution in [3.8, 4) is 5.75 Å². The van der Waals surface area contributed by atoms with E-state index in [0.29, 0.717) is 18.3 Å². The fourth-order valence-electron chi connectivity index (χ4n) is 4.62. The minimum Gasteiger partial charge on any atom is -0.496 e. The van der Waals surface area contributed by atoms with E-state index in [1.54, 1.807) is 13.4 Å². The number of rotatable bonds is 13. The van der Waals surface area contributed by atoms with Gasteiger partial charge in [-0.25, -0.2) is 9.97 Å². The Kier molecular flexibility index (Phi) is 7.64. The topological polar surface area (TPSA) is 115 Å². The Labute approximate surface area is 199 Å². The maximum absolute atomic E-state index is 10.8. The van der Waals surface area contributed by atoms with Crippen LogP contribution in [0.3, 0.4) is 0 Å². The van der Waals surface area contributed by atoms with Gasteiger partial charge in [-0.15, -0.1) is 0 Å². The Balaban J connectivity index is 1.53. The summed E-state index contributed by atoms with van der Waals surface area (Å²) in [6.07, 6.45) is 6.52. The molecule has 2 heterocycles. The van der Waals surface area contributed by atoms with E-state index in [9.17, 15) is 4.79 Å². The van der Waals surface area contributed by atoms with Gasteiger partial charge in [0, 0.05) is 37.9 Å². The van der Waals surface area contributed by atoms with Crippen LogP contribution in [0.4, 0.5) is 11.5 Å². The maximum Gasteiger partial charge on any atom is 0.303 e. The summed E-state index contributed by atoms with van der Waals surface area (Å²) < 4.78 is 5.63. The third-order valence-corrected chi connectivity index (χ3v) is 6.52. The van der Waals surface area contributed by atoms with Crippen LogP contribution in [-0.4, -0.2) is 65.2 Å². The van der Waals surface area contributed by atoms with Crippen molar-refractivity contribution in [2.24, 2.45) is 5.92 Å². The van der Waals surface area contributed by atoms with E-state index >= 15 is 0 Å². The fourth-order valence-corrected chi connectivity index (χ4v) is 4.62. The van der Waals surface area contributed by atoms with E-state index in [1.807, 2.05) is 25.4 Å². The summed E-state index contributed by atoms with van der Waals surface area (Å²) in [6, 6.07) is 6.13. The predicted molar refractivity (Wildman–Crippen MR) is 133 cm³/mol. The van der Waals surface area contributed by atoms with Crippen LogP contribution in [0.15, 0.2) is 30.7 Å². The second-order valence-corrected chi connectivity index (χ2v) is 9.07. The minimum atomic E-state index is -0.727. The molecule has 1 aliphatic rings. The number of H-pyrrole nitrogens is 1. The lowest BCUT2D eigenvalue weighted by Gasteiger charge is -2.16. The van der Waals surface area contributed by atoms with Crippen molar-refractivity contribution in [2.45, 2.75) is 38.1 Å². The SMILES string of the molecule is CNCCN(C)Cc1c[nH]c2ncnc(Nc3ccc(OC)c([C@@H]4CC4CCCC(=O)O)c3)c12. The van der Waals surface area contributed by atoms with Gasteiger partial charge in [-0.2, -0.15) is 0 Å². The lowest BCUT2D eigenvalue weighted by Crippen LogP contribution is -2.26. The molecule has 34 heavy (non-hydrogen) atoms. The molecule has 0 amide bonds. The normalized spacial score (nSPS) is 17.3. The number of benzene rings is 1. The molecule has 0 bridgehead atoms. The highest BCUT2D eigenvalue weighted by Crippen LogP contribution is 2.53. The van der Waals surface area contributed by atoms with E-state index < -0.39 is 5.97 Å². The first-order valence-electron chi connectivity index (χ1n) is 11.8. The number of aromatic amines is 1. The standard InChI is InChI=1S/C25H34N6O3/c1-26-9-10-31(2)14-17-13-27-24-23(17)25(29-15-28-24)30-18-7-8-21(34-3)20(12-18)19-11-16(19)5-4-6-22(32)33/h7-8,12-13,15-16,19,26H,4-6,9-11,14H2,1-3H3,(H,32,33)(H2,27,28,29,30)/t16?,19-/m1/s1.